The number of fused-ring (bicyclic) bond motifs is 4. The molecule has 0 spiro atoms. The fourth-order valence-corrected chi connectivity index (χ4v) is 3.83. The normalized spacial score (nSPS) is 19.9. The van der Waals surface area contributed by atoms with Crippen molar-refractivity contribution < 1.29 is 19.7 Å². The maximum Gasteiger partial charge on any atom is 0.131 e. The first-order valence-electron chi connectivity index (χ1n) is 7.86. The van der Waals surface area contributed by atoms with Gasteiger partial charge in [-0.25, -0.2) is 4.39 Å². The molecule has 0 saturated carbocycles. The molecule has 4 heteroatoms. The van der Waals surface area contributed by atoms with E-state index in [-0.39, 0.29) is 12.4 Å². The van der Waals surface area contributed by atoms with Gasteiger partial charge in [-0.1, -0.05) is 36.4 Å². The SMILES string of the molecule is Cc1c2c(c(CO)c3cc(F)c4ccccc4c13)C=C[C@H](O)[C@H]2O. The van der Waals surface area contributed by atoms with Gasteiger partial charge in [0.1, 0.15) is 18.0 Å². The van der Waals surface area contributed by atoms with E-state index in [4.69, 9.17) is 0 Å². The number of benzene rings is 3. The summed E-state index contributed by atoms with van der Waals surface area (Å²) in [7, 11) is 0. The molecule has 0 radical (unpaired) electrons. The monoisotopic (exact) mass is 324 g/mol. The van der Waals surface area contributed by atoms with E-state index in [1.807, 2.05) is 19.1 Å². The van der Waals surface area contributed by atoms with Crippen LogP contribution in [0.5, 0.6) is 0 Å². The van der Waals surface area contributed by atoms with Crippen LogP contribution >= 0.6 is 0 Å². The maximum atomic E-state index is 14.5. The number of hydrogen-bond acceptors (Lipinski definition) is 3. The van der Waals surface area contributed by atoms with E-state index in [1.165, 1.54) is 12.1 Å². The summed E-state index contributed by atoms with van der Waals surface area (Å²) in [5, 5.41) is 33.0. The largest absolute Gasteiger partial charge is 0.392 e. The second-order valence-corrected chi connectivity index (χ2v) is 6.21. The molecular formula is C20H17FO3. The molecule has 24 heavy (non-hydrogen) atoms. The Morgan fingerprint density at radius 1 is 1.08 bits per heavy atom. The minimum absolute atomic E-state index is 0.274. The molecule has 0 aromatic heterocycles. The minimum atomic E-state index is -1.07. The highest BCUT2D eigenvalue weighted by atomic mass is 19.1. The standard InChI is InChI=1S/C20H17FO3/c1-10-18-12-5-3-2-4-11(12)16(21)8-14(18)15(9-22)13-6-7-17(23)20(24)19(10)13/h2-8,17,20,22-24H,9H2,1H3/t17-,20+/m0/s1. The van der Waals surface area contributed by atoms with Crippen molar-refractivity contribution >= 4 is 27.6 Å². The number of aliphatic hydroxyl groups is 3. The fourth-order valence-electron chi connectivity index (χ4n) is 3.83. The molecule has 0 aliphatic heterocycles. The summed E-state index contributed by atoms with van der Waals surface area (Å²) in [4.78, 5) is 0. The zero-order chi connectivity index (χ0) is 17.0. The second kappa shape index (κ2) is 5.38. The van der Waals surface area contributed by atoms with Gasteiger partial charge in [-0.05, 0) is 51.4 Å². The quantitative estimate of drug-likeness (QED) is 0.602. The van der Waals surface area contributed by atoms with Crippen molar-refractivity contribution in [3.63, 3.8) is 0 Å². The maximum absolute atomic E-state index is 14.5. The molecule has 0 saturated heterocycles. The lowest BCUT2D eigenvalue weighted by atomic mass is 9.81. The highest BCUT2D eigenvalue weighted by molar-refractivity contribution is 6.11. The van der Waals surface area contributed by atoms with E-state index < -0.39 is 12.2 Å². The number of rotatable bonds is 1. The smallest absolute Gasteiger partial charge is 0.131 e. The Hall–Kier alpha value is -2.27. The van der Waals surface area contributed by atoms with Crippen molar-refractivity contribution in [1.82, 2.24) is 0 Å². The zero-order valence-corrected chi connectivity index (χ0v) is 13.1. The lowest BCUT2D eigenvalue weighted by molar-refractivity contribution is 0.0465. The van der Waals surface area contributed by atoms with Crippen LogP contribution in [0.4, 0.5) is 4.39 Å². The Balaban J connectivity index is 2.28. The van der Waals surface area contributed by atoms with E-state index in [2.05, 4.69) is 0 Å². The first kappa shape index (κ1) is 15.3. The van der Waals surface area contributed by atoms with Crippen molar-refractivity contribution in [2.75, 3.05) is 0 Å². The van der Waals surface area contributed by atoms with Gasteiger partial charge in [0, 0.05) is 5.39 Å². The van der Waals surface area contributed by atoms with Gasteiger partial charge < -0.3 is 15.3 Å². The summed E-state index contributed by atoms with van der Waals surface area (Å²) in [6, 6.07) is 8.61. The topological polar surface area (TPSA) is 60.7 Å². The molecule has 1 aliphatic rings. The van der Waals surface area contributed by atoms with Crippen LogP contribution in [-0.4, -0.2) is 21.4 Å². The van der Waals surface area contributed by atoms with E-state index in [0.29, 0.717) is 27.5 Å². The molecule has 3 N–H and O–H groups in total. The highest BCUT2D eigenvalue weighted by Gasteiger charge is 2.28. The molecule has 1 aliphatic carbocycles. The summed E-state index contributed by atoms with van der Waals surface area (Å²) in [5.74, 6) is -0.340. The Labute approximate surface area is 138 Å². The van der Waals surface area contributed by atoms with Crippen molar-refractivity contribution in [2.24, 2.45) is 0 Å². The number of aryl methyl sites for hydroxylation is 1. The average Bonchev–Trinajstić information content (AvgIpc) is 2.58. The molecule has 3 nitrogen and oxygen atoms in total. The van der Waals surface area contributed by atoms with Gasteiger partial charge in [0.25, 0.3) is 0 Å². The van der Waals surface area contributed by atoms with E-state index in [1.54, 1.807) is 18.2 Å². The third-order valence-corrected chi connectivity index (χ3v) is 4.95. The summed E-state index contributed by atoms with van der Waals surface area (Å²) >= 11 is 0. The first-order valence-corrected chi connectivity index (χ1v) is 7.86. The lowest BCUT2D eigenvalue weighted by Gasteiger charge is -2.27. The van der Waals surface area contributed by atoms with Crippen molar-refractivity contribution in [2.45, 2.75) is 25.7 Å². The van der Waals surface area contributed by atoms with Gasteiger partial charge in [0.2, 0.25) is 0 Å². The van der Waals surface area contributed by atoms with Crippen molar-refractivity contribution in [3.8, 4) is 0 Å². The molecule has 0 amide bonds. The van der Waals surface area contributed by atoms with Gasteiger partial charge in [-0.15, -0.1) is 0 Å². The summed E-state index contributed by atoms with van der Waals surface area (Å²) in [6.45, 7) is 1.59. The first-order chi connectivity index (χ1) is 11.5. The Morgan fingerprint density at radius 2 is 1.79 bits per heavy atom. The third kappa shape index (κ3) is 1.94. The zero-order valence-electron chi connectivity index (χ0n) is 13.1. The summed E-state index contributed by atoms with van der Waals surface area (Å²) in [5.41, 5.74) is 2.62. The van der Waals surface area contributed by atoms with Gasteiger partial charge in [-0.2, -0.15) is 0 Å². The summed E-state index contributed by atoms with van der Waals surface area (Å²) < 4.78 is 14.5. The van der Waals surface area contributed by atoms with Crippen molar-refractivity contribution in [3.05, 3.63) is 64.5 Å². The minimum Gasteiger partial charge on any atom is -0.392 e. The Morgan fingerprint density at radius 3 is 2.50 bits per heavy atom. The van der Waals surface area contributed by atoms with Gasteiger partial charge in [0.15, 0.2) is 0 Å². The molecular weight excluding hydrogens is 307 g/mol. The van der Waals surface area contributed by atoms with E-state index in [9.17, 15) is 19.7 Å². The molecule has 0 bridgehead atoms. The average molecular weight is 324 g/mol. The highest BCUT2D eigenvalue weighted by Crippen LogP contribution is 2.41. The predicted molar refractivity (Wildman–Crippen MR) is 92.1 cm³/mol. The van der Waals surface area contributed by atoms with Gasteiger partial charge in [-0.3, -0.25) is 0 Å². The van der Waals surface area contributed by atoms with Crippen LogP contribution in [0.3, 0.4) is 0 Å². The lowest BCUT2D eigenvalue weighted by Crippen LogP contribution is -2.22. The molecule has 0 unspecified atom stereocenters. The van der Waals surface area contributed by atoms with Crippen LogP contribution in [0.1, 0.15) is 28.4 Å². The van der Waals surface area contributed by atoms with Crippen LogP contribution in [-0.2, 0) is 6.61 Å². The third-order valence-electron chi connectivity index (χ3n) is 4.95. The van der Waals surface area contributed by atoms with E-state index >= 15 is 0 Å². The Kier molecular flexibility index (Phi) is 3.42. The number of hydrogen-bond donors (Lipinski definition) is 3. The second-order valence-electron chi connectivity index (χ2n) is 6.21. The predicted octanol–water partition coefficient (Wildman–Crippen LogP) is 3.35. The number of halogens is 1. The molecule has 0 heterocycles. The van der Waals surface area contributed by atoms with Gasteiger partial charge in [0.05, 0.1) is 6.61 Å². The number of aliphatic hydroxyl groups excluding tert-OH is 3. The molecule has 122 valence electrons. The van der Waals surface area contributed by atoms with E-state index in [0.717, 1.165) is 16.3 Å². The molecule has 0 fully saturated rings. The molecule has 4 rings (SSSR count). The van der Waals surface area contributed by atoms with Gasteiger partial charge >= 0.3 is 0 Å². The van der Waals surface area contributed by atoms with Crippen LogP contribution in [0, 0.1) is 12.7 Å². The fraction of sp³-hybridized carbons (Fsp3) is 0.200. The molecule has 3 aromatic rings. The van der Waals surface area contributed by atoms with Crippen molar-refractivity contribution in [1.29, 1.82) is 0 Å². The van der Waals surface area contributed by atoms with Crippen LogP contribution in [0.15, 0.2) is 36.4 Å². The van der Waals surface area contributed by atoms with Crippen LogP contribution in [0.25, 0.3) is 27.6 Å². The van der Waals surface area contributed by atoms with Crippen LogP contribution < -0.4 is 0 Å². The molecule has 2 atom stereocenters. The van der Waals surface area contributed by atoms with Crippen LogP contribution in [0.2, 0.25) is 0 Å². The summed E-state index contributed by atoms with van der Waals surface area (Å²) in [6.07, 6.45) is 1.13. The molecule has 3 aromatic carbocycles. The Bertz CT molecular complexity index is 1010.